The first kappa shape index (κ1) is 27.3. The van der Waals surface area contributed by atoms with Crippen LogP contribution in [0.4, 0.5) is 5.82 Å². The number of ether oxygens (including phenoxy) is 2. The van der Waals surface area contributed by atoms with Crippen molar-refractivity contribution in [1.29, 1.82) is 0 Å². The largest absolute Gasteiger partial charge is 0.457 e. The molecule has 2 atom stereocenters. The standard InChI is InChI=1S/C31H33ClN6O3/c1-36(23-14-17-40-19-23)15-5-8-26(39)37-16-13-22(18-37)38-29(32)27(28-30(33)34-20-35-31(28)38)21-9-11-25(12-10-21)41-24-6-3-2-4-7-24/h2-12,20,22-23H,13-19H2,1H3,(H2,33,34,35)/t22-,23-/m1/s1. The third kappa shape index (κ3) is 5.66. The summed E-state index contributed by atoms with van der Waals surface area (Å²) in [6.07, 6.45) is 6.85. The molecule has 0 aliphatic carbocycles. The number of likely N-dealkylation sites (tertiary alicyclic amines) is 1. The van der Waals surface area contributed by atoms with Crippen LogP contribution in [0.25, 0.3) is 22.2 Å². The van der Waals surface area contributed by atoms with Gasteiger partial charge in [0, 0.05) is 43.9 Å². The average Bonchev–Trinajstić information content (AvgIpc) is 3.74. The topological polar surface area (TPSA) is 98.7 Å². The van der Waals surface area contributed by atoms with E-state index in [4.69, 9.17) is 26.8 Å². The van der Waals surface area contributed by atoms with E-state index in [0.29, 0.717) is 53.4 Å². The third-order valence-electron chi connectivity index (χ3n) is 7.90. The molecule has 2 fully saturated rings. The molecule has 2 N–H and O–H groups in total. The lowest BCUT2D eigenvalue weighted by molar-refractivity contribution is -0.125. The predicted octanol–water partition coefficient (Wildman–Crippen LogP) is 5.18. The Morgan fingerprint density at radius 1 is 1.15 bits per heavy atom. The van der Waals surface area contributed by atoms with E-state index in [2.05, 4.69) is 21.9 Å². The fraction of sp³-hybridized carbons (Fsp3) is 0.323. The van der Waals surface area contributed by atoms with Crippen LogP contribution >= 0.6 is 11.6 Å². The van der Waals surface area contributed by atoms with Gasteiger partial charge in [-0.3, -0.25) is 9.69 Å². The summed E-state index contributed by atoms with van der Waals surface area (Å²) < 4.78 is 13.4. The number of nitrogens with two attached hydrogens (primary N) is 1. The molecule has 2 aliphatic heterocycles. The fourth-order valence-electron chi connectivity index (χ4n) is 5.64. The van der Waals surface area contributed by atoms with Crippen molar-refractivity contribution >= 4 is 34.4 Å². The number of benzene rings is 2. The van der Waals surface area contributed by atoms with Crippen molar-refractivity contribution in [2.24, 2.45) is 0 Å². The summed E-state index contributed by atoms with van der Waals surface area (Å²) in [6, 6.07) is 17.7. The SMILES string of the molecule is CN(CC=CC(=O)N1CC[C@@H](n2c(Cl)c(-c3ccc(Oc4ccccc4)cc3)c3c(N)ncnc32)C1)[C@@H]1CCOC1. The number of para-hydroxylation sites is 1. The number of fused-ring (bicyclic) bond motifs is 1. The summed E-state index contributed by atoms with van der Waals surface area (Å²) in [5, 5.41) is 1.23. The van der Waals surface area contributed by atoms with Gasteiger partial charge in [-0.15, -0.1) is 0 Å². The molecule has 0 unspecified atom stereocenters. The number of likely N-dealkylation sites (N-methyl/N-ethyl adjacent to an activating group) is 1. The highest BCUT2D eigenvalue weighted by Crippen LogP contribution is 2.43. The maximum absolute atomic E-state index is 13.0. The Balaban J connectivity index is 1.21. The number of aromatic nitrogens is 3. The Labute approximate surface area is 244 Å². The van der Waals surface area contributed by atoms with Gasteiger partial charge in [0.25, 0.3) is 0 Å². The maximum atomic E-state index is 13.0. The zero-order valence-corrected chi connectivity index (χ0v) is 23.7. The molecule has 9 nitrogen and oxygen atoms in total. The highest BCUT2D eigenvalue weighted by molar-refractivity contribution is 6.35. The molecule has 10 heteroatoms. The zero-order chi connectivity index (χ0) is 28.3. The second-order valence-corrected chi connectivity index (χ2v) is 10.9. The van der Waals surface area contributed by atoms with E-state index in [1.54, 1.807) is 6.08 Å². The Bertz CT molecular complexity index is 1550. The van der Waals surface area contributed by atoms with Gasteiger partial charge in [-0.05, 0) is 49.7 Å². The van der Waals surface area contributed by atoms with Gasteiger partial charge in [-0.1, -0.05) is 48.0 Å². The number of nitrogen functional groups attached to an aromatic ring is 1. The van der Waals surface area contributed by atoms with E-state index in [9.17, 15) is 4.79 Å². The molecule has 4 aromatic rings. The van der Waals surface area contributed by atoms with E-state index in [1.807, 2.05) is 70.1 Å². The van der Waals surface area contributed by atoms with E-state index in [-0.39, 0.29) is 11.9 Å². The second kappa shape index (κ2) is 11.9. The average molecular weight is 573 g/mol. The molecule has 4 heterocycles. The third-order valence-corrected chi connectivity index (χ3v) is 8.27. The monoisotopic (exact) mass is 572 g/mol. The summed E-state index contributed by atoms with van der Waals surface area (Å²) in [4.78, 5) is 25.9. The lowest BCUT2D eigenvalue weighted by Crippen LogP contribution is -2.32. The van der Waals surface area contributed by atoms with Crippen LogP contribution in [0.5, 0.6) is 11.5 Å². The molecule has 2 aromatic carbocycles. The molecular weight excluding hydrogens is 540 g/mol. The van der Waals surface area contributed by atoms with Crippen molar-refractivity contribution in [3.05, 3.63) is 78.2 Å². The molecule has 1 amide bonds. The molecule has 2 aliphatic rings. The summed E-state index contributed by atoms with van der Waals surface area (Å²) in [5.74, 6) is 1.84. The number of hydrogen-bond donors (Lipinski definition) is 1. The number of nitrogens with zero attached hydrogens (tertiary/aromatic N) is 5. The molecule has 2 aromatic heterocycles. The molecule has 212 valence electrons. The van der Waals surface area contributed by atoms with Crippen molar-refractivity contribution < 1.29 is 14.3 Å². The van der Waals surface area contributed by atoms with E-state index >= 15 is 0 Å². The van der Waals surface area contributed by atoms with Gasteiger partial charge in [-0.25, -0.2) is 9.97 Å². The van der Waals surface area contributed by atoms with Crippen LogP contribution in [0.2, 0.25) is 5.15 Å². The Morgan fingerprint density at radius 3 is 2.68 bits per heavy atom. The van der Waals surface area contributed by atoms with Crippen molar-refractivity contribution in [2.75, 3.05) is 45.6 Å². The highest BCUT2D eigenvalue weighted by atomic mass is 35.5. The van der Waals surface area contributed by atoms with E-state index < -0.39 is 0 Å². The number of carbonyl (C=O) groups excluding carboxylic acids is 1. The van der Waals surface area contributed by atoms with Crippen LogP contribution in [-0.2, 0) is 9.53 Å². The molecule has 0 saturated carbocycles. The lowest BCUT2D eigenvalue weighted by Gasteiger charge is -2.21. The molecule has 0 spiro atoms. The van der Waals surface area contributed by atoms with Crippen molar-refractivity contribution in [3.8, 4) is 22.6 Å². The lowest BCUT2D eigenvalue weighted by atomic mass is 10.1. The van der Waals surface area contributed by atoms with Gasteiger partial charge in [0.1, 0.15) is 34.4 Å². The zero-order valence-electron chi connectivity index (χ0n) is 22.9. The van der Waals surface area contributed by atoms with Crippen molar-refractivity contribution in [1.82, 2.24) is 24.3 Å². The summed E-state index contributed by atoms with van der Waals surface area (Å²) in [7, 11) is 2.06. The quantitative estimate of drug-likeness (QED) is 0.291. The second-order valence-electron chi connectivity index (χ2n) is 10.5. The Hall–Kier alpha value is -3.92. The van der Waals surface area contributed by atoms with Crippen LogP contribution in [0.3, 0.4) is 0 Å². The van der Waals surface area contributed by atoms with Crippen LogP contribution in [0, 0.1) is 0 Å². The van der Waals surface area contributed by atoms with Crippen LogP contribution < -0.4 is 10.5 Å². The van der Waals surface area contributed by atoms with E-state index in [1.165, 1.54) is 6.33 Å². The first-order chi connectivity index (χ1) is 20.0. The number of halogens is 1. The number of carbonyl (C=O) groups is 1. The summed E-state index contributed by atoms with van der Waals surface area (Å²) in [5.41, 5.74) is 8.69. The maximum Gasteiger partial charge on any atom is 0.246 e. The Kier molecular flexibility index (Phi) is 7.91. The summed E-state index contributed by atoms with van der Waals surface area (Å²) in [6.45, 7) is 3.43. The Morgan fingerprint density at radius 2 is 1.93 bits per heavy atom. The number of rotatable bonds is 8. The van der Waals surface area contributed by atoms with Crippen molar-refractivity contribution in [3.63, 3.8) is 0 Å². The fourth-order valence-corrected chi connectivity index (χ4v) is 6.06. The molecule has 41 heavy (non-hydrogen) atoms. The smallest absolute Gasteiger partial charge is 0.246 e. The highest BCUT2D eigenvalue weighted by Gasteiger charge is 2.32. The number of amides is 1. The van der Waals surface area contributed by atoms with Gasteiger partial charge in [-0.2, -0.15) is 0 Å². The van der Waals surface area contributed by atoms with Crippen LogP contribution in [0.15, 0.2) is 73.1 Å². The van der Waals surface area contributed by atoms with Crippen LogP contribution in [-0.4, -0.2) is 76.2 Å². The summed E-state index contributed by atoms with van der Waals surface area (Å²) >= 11 is 7.09. The minimum absolute atomic E-state index is 0.000441. The first-order valence-electron chi connectivity index (χ1n) is 13.9. The van der Waals surface area contributed by atoms with Crippen molar-refractivity contribution in [2.45, 2.75) is 24.9 Å². The molecule has 0 radical (unpaired) electrons. The number of hydrogen-bond acceptors (Lipinski definition) is 7. The van der Waals surface area contributed by atoms with Gasteiger partial charge < -0.3 is 24.7 Å². The molecule has 0 bridgehead atoms. The van der Waals surface area contributed by atoms with Crippen LogP contribution in [0.1, 0.15) is 18.9 Å². The van der Waals surface area contributed by atoms with Gasteiger partial charge >= 0.3 is 0 Å². The van der Waals surface area contributed by atoms with E-state index in [0.717, 1.165) is 42.9 Å². The first-order valence-corrected chi connectivity index (χ1v) is 14.2. The minimum atomic E-state index is -0.0376. The number of anilines is 1. The normalized spacial score (nSPS) is 19.1. The predicted molar refractivity (Wildman–Crippen MR) is 160 cm³/mol. The van der Waals surface area contributed by atoms with Gasteiger partial charge in [0.15, 0.2) is 0 Å². The van der Waals surface area contributed by atoms with Gasteiger partial charge in [0.05, 0.1) is 18.0 Å². The van der Waals surface area contributed by atoms with Gasteiger partial charge in [0.2, 0.25) is 5.91 Å². The molecule has 6 rings (SSSR count). The minimum Gasteiger partial charge on any atom is -0.457 e. The molecular formula is C31H33ClN6O3. The molecule has 2 saturated heterocycles.